The number of nitrogens with zero attached hydrogens (tertiary/aromatic N) is 7. The fourth-order valence-electron chi connectivity index (χ4n) is 8.03. The molecule has 56 heavy (non-hydrogen) atoms. The second-order valence-corrected chi connectivity index (χ2v) is 15.3. The van der Waals surface area contributed by atoms with Crippen LogP contribution >= 0.6 is 11.6 Å². The zero-order valence-corrected chi connectivity index (χ0v) is 33.1. The van der Waals surface area contributed by atoms with Crippen molar-refractivity contribution >= 4 is 40.7 Å². The molecule has 1 atom stereocenters. The number of allylic oxidation sites excluding steroid dienone is 2. The van der Waals surface area contributed by atoms with Gasteiger partial charge in [-0.25, -0.2) is 4.98 Å². The van der Waals surface area contributed by atoms with Crippen molar-refractivity contribution in [2.45, 2.75) is 78.8 Å². The molecule has 0 bridgehead atoms. The molecule has 0 radical (unpaired) electrons. The number of aryl methyl sites for hydroxylation is 4. The number of nitrogens with one attached hydrogen (secondary N) is 1. The first-order valence-corrected chi connectivity index (χ1v) is 19.5. The van der Waals surface area contributed by atoms with Gasteiger partial charge in [0.15, 0.2) is 5.82 Å². The van der Waals surface area contributed by atoms with Gasteiger partial charge < -0.3 is 20.0 Å². The predicted octanol–water partition coefficient (Wildman–Crippen LogP) is 8.50. The molecule has 2 aromatic carbocycles. The second kappa shape index (κ2) is 15.4. The average molecular weight is 787 g/mol. The zero-order valence-electron chi connectivity index (χ0n) is 32.4. The predicted molar refractivity (Wildman–Crippen MR) is 212 cm³/mol. The number of piperazine rings is 1. The molecule has 1 fully saturated rings. The van der Waals surface area contributed by atoms with Crippen molar-refractivity contribution in [3.8, 4) is 11.4 Å². The summed E-state index contributed by atoms with van der Waals surface area (Å²) in [5, 5.41) is 7.36. The monoisotopic (exact) mass is 786 g/mol. The van der Waals surface area contributed by atoms with Crippen LogP contribution in [0.3, 0.4) is 0 Å². The van der Waals surface area contributed by atoms with Gasteiger partial charge in [-0.15, -0.1) is 5.10 Å². The normalized spacial score (nSPS) is 17.1. The van der Waals surface area contributed by atoms with Gasteiger partial charge in [0.1, 0.15) is 12.2 Å². The summed E-state index contributed by atoms with van der Waals surface area (Å²) in [6.07, 6.45) is 0.0982. The average Bonchev–Trinajstić information content (AvgIpc) is 3.78. The molecule has 2 amide bonds. The molecule has 1 unspecified atom stereocenters. The number of aromatic nitrogens is 4. The van der Waals surface area contributed by atoms with Gasteiger partial charge in [0.2, 0.25) is 11.9 Å². The third-order valence-electron chi connectivity index (χ3n) is 11.1. The van der Waals surface area contributed by atoms with E-state index in [2.05, 4.69) is 55.8 Å². The van der Waals surface area contributed by atoms with Crippen molar-refractivity contribution in [3.63, 3.8) is 0 Å². The minimum Gasteiger partial charge on any atom is -0.365 e. The van der Waals surface area contributed by atoms with E-state index in [1.807, 2.05) is 24.8 Å². The van der Waals surface area contributed by atoms with Crippen LogP contribution in [-0.4, -0.2) is 74.1 Å². The molecule has 10 nitrogen and oxygen atoms in total. The lowest BCUT2D eigenvalue weighted by atomic mass is 10.0. The van der Waals surface area contributed by atoms with Crippen LogP contribution < -0.4 is 10.2 Å². The smallest absolute Gasteiger partial charge is 0.365 e. The largest absolute Gasteiger partial charge is 0.416 e. The van der Waals surface area contributed by atoms with Crippen molar-refractivity contribution in [1.82, 2.24) is 29.5 Å². The van der Waals surface area contributed by atoms with Crippen LogP contribution in [-0.2, 0) is 30.2 Å². The Balaban J connectivity index is 1.17. The SMILES string of the molecule is C=C1C(N2CCN(C(=O)c3nc(CCC)c(CC)cc3C)CC2)=C(C)N(CC(=O)Nc2ccc(C(F)(F)F)cc2Cl)c2nc(-c3ccc4c(c3)CCC4C)nn21. The number of pyridine rings is 1. The number of rotatable bonds is 9. The van der Waals surface area contributed by atoms with E-state index in [-0.39, 0.29) is 23.2 Å². The number of carbonyl (C=O) groups is 2. The molecule has 1 N–H and O–H groups in total. The van der Waals surface area contributed by atoms with Crippen LogP contribution in [0.2, 0.25) is 5.02 Å². The maximum Gasteiger partial charge on any atom is 0.416 e. The van der Waals surface area contributed by atoms with Crippen LogP contribution in [0.25, 0.3) is 17.1 Å². The van der Waals surface area contributed by atoms with E-state index in [0.29, 0.717) is 61.0 Å². The van der Waals surface area contributed by atoms with Crippen LogP contribution in [0.15, 0.2) is 60.4 Å². The van der Waals surface area contributed by atoms with Crippen molar-refractivity contribution < 1.29 is 22.8 Å². The quantitative estimate of drug-likeness (QED) is 0.182. The highest BCUT2D eigenvalue weighted by Crippen LogP contribution is 2.39. The molecule has 1 saturated heterocycles. The van der Waals surface area contributed by atoms with Gasteiger partial charge >= 0.3 is 6.18 Å². The van der Waals surface area contributed by atoms with E-state index in [1.165, 1.54) is 16.7 Å². The second-order valence-electron chi connectivity index (χ2n) is 14.9. The lowest BCUT2D eigenvalue weighted by Gasteiger charge is -2.41. The molecular weight excluding hydrogens is 741 g/mol. The molecule has 4 aromatic rings. The molecule has 14 heteroatoms. The van der Waals surface area contributed by atoms with Crippen LogP contribution in [0.4, 0.5) is 24.8 Å². The standard InChI is InChI=1S/C42H46ClF3N8O2/c1-7-9-34-28(8-2)20-25(4)37(48-34)40(56)52-18-16-51(17-19-52)38-26(5)53(23-36(55)47-35-15-13-31(22-33(35)43)42(44,45)46)41-49-39(50-54(41)27(38)6)30-12-14-32-24(3)10-11-29(32)21-30/h12-15,20-22,24H,6-11,16-19,23H2,1-5H3,(H,47,55). The van der Waals surface area contributed by atoms with Crippen LogP contribution in [0, 0.1) is 6.92 Å². The lowest BCUT2D eigenvalue weighted by Crippen LogP contribution is -2.50. The van der Waals surface area contributed by atoms with E-state index in [4.69, 9.17) is 26.7 Å². The third kappa shape index (κ3) is 7.40. The summed E-state index contributed by atoms with van der Waals surface area (Å²) in [6, 6.07) is 11.2. The molecule has 4 heterocycles. The van der Waals surface area contributed by atoms with Gasteiger partial charge in [-0.1, -0.05) is 63.6 Å². The summed E-state index contributed by atoms with van der Waals surface area (Å²) in [7, 11) is 0. The Hall–Kier alpha value is -5.17. The van der Waals surface area contributed by atoms with Crippen LogP contribution in [0.1, 0.15) is 90.5 Å². The molecule has 1 aliphatic carbocycles. The van der Waals surface area contributed by atoms with Crippen LogP contribution in [0.5, 0.6) is 0 Å². The highest BCUT2D eigenvalue weighted by Gasteiger charge is 2.36. The molecule has 0 saturated carbocycles. The summed E-state index contributed by atoms with van der Waals surface area (Å²) >= 11 is 6.20. The number of fused-ring (bicyclic) bond motifs is 2. The number of hydrogen-bond acceptors (Lipinski definition) is 7. The third-order valence-corrected chi connectivity index (χ3v) is 11.4. The van der Waals surface area contributed by atoms with E-state index < -0.39 is 17.6 Å². The number of anilines is 2. The first kappa shape index (κ1) is 39.1. The number of benzene rings is 2. The summed E-state index contributed by atoms with van der Waals surface area (Å²) in [5.74, 6) is 0.726. The Kier molecular flexibility index (Phi) is 10.7. The molecule has 2 aliphatic heterocycles. The zero-order chi connectivity index (χ0) is 40.1. The van der Waals surface area contributed by atoms with E-state index in [0.717, 1.165) is 72.8 Å². The first-order valence-electron chi connectivity index (χ1n) is 19.2. The molecule has 2 aromatic heterocycles. The van der Waals surface area contributed by atoms with Crippen molar-refractivity contribution in [2.24, 2.45) is 0 Å². The maximum absolute atomic E-state index is 13.9. The number of carbonyl (C=O) groups excluding carboxylic acids is 2. The van der Waals surface area contributed by atoms with E-state index in [9.17, 15) is 22.8 Å². The minimum atomic E-state index is -4.58. The van der Waals surface area contributed by atoms with Gasteiger partial charge in [-0.05, 0) is 92.0 Å². The van der Waals surface area contributed by atoms with Gasteiger partial charge in [-0.2, -0.15) is 22.8 Å². The number of halogens is 4. The van der Waals surface area contributed by atoms with E-state index in [1.54, 1.807) is 9.58 Å². The topological polar surface area (TPSA) is 99.5 Å². The Morgan fingerprint density at radius 1 is 1.02 bits per heavy atom. The van der Waals surface area contributed by atoms with Gasteiger partial charge in [0, 0.05) is 43.1 Å². The van der Waals surface area contributed by atoms with Crippen molar-refractivity contribution in [2.75, 3.05) is 42.9 Å². The molecule has 0 spiro atoms. The Morgan fingerprint density at radius 3 is 2.45 bits per heavy atom. The summed E-state index contributed by atoms with van der Waals surface area (Å²) in [5.41, 5.74) is 8.09. The molecule has 7 rings (SSSR count). The highest BCUT2D eigenvalue weighted by atomic mass is 35.5. The fourth-order valence-corrected chi connectivity index (χ4v) is 8.26. The Labute approximate surface area is 330 Å². The van der Waals surface area contributed by atoms with Gasteiger partial charge in [0.25, 0.3) is 5.91 Å². The number of amides is 2. The Morgan fingerprint density at radius 2 is 1.77 bits per heavy atom. The van der Waals surface area contributed by atoms with Gasteiger partial charge in [-0.3, -0.25) is 9.59 Å². The van der Waals surface area contributed by atoms with Crippen molar-refractivity contribution in [3.05, 3.63) is 105 Å². The number of hydrogen-bond donors (Lipinski definition) is 1. The minimum absolute atomic E-state index is 0.0548. The molecular formula is C42H46ClF3N8O2. The van der Waals surface area contributed by atoms with E-state index >= 15 is 0 Å². The lowest BCUT2D eigenvalue weighted by molar-refractivity contribution is -0.137. The molecule has 294 valence electrons. The highest BCUT2D eigenvalue weighted by molar-refractivity contribution is 6.33. The summed E-state index contributed by atoms with van der Waals surface area (Å²) < 4.78 is 41.5. The summed E-state index contributed by atoms with van der Waals surface area (Å²) in [6.45, 7) is 16.3. The summed E-state index contributed by atoms with van der Waals surface area (Å²) in [4.78, 5) is 43.0. The maximum atomic E-state index is 13.9. The van der Waals surface area contributed by atoms with Gasteiger partial charge in [0.05, 0.1) is 27.7 Å². The number of alkyl halides is 3. The Bertz CT molecular complexity index is 2260. The first-order chi connectivity index (χ1) is 26.7. The fraction of sp³-hybridized carbons (Fsp3) is 0.405. The van der Waals surface area contributed by atoms with Crippen molar-refractivity contribution in [1.29, 1.82) is 0 Å². The molecule has 3 aliphatic rings.